The number of hydrogen-bond donors (Lipinski definition) is 2. The average Bonchev–Trinajstić information content (AvgIpc) is 2.69. The molecule has 7 heteroatoms. The van der Waals surface area contributed by atoms with E-state index in [1.54, 1.807) is 48.5 Å². The fourth-order valence-corrected chi connectivity index (χ4v) is 3.34. The number of carbonyl (C=O) groups is 2. The SMILES string of the molecule is O=C(CSc1cccc(NC(=O)c2ccccc2F)c1)Nc1ccccc1Cl. The van der Waals surface area contributed by atoms with E-state index in [1.807, 2.05) is 6.07 Å². The van der Waals surface area contributed by atoms with Crippen molar-refractivity contribution in [3.05, 3.63) is 89.2 Å². The Morgan fingerprint density at radius 2 is 1.68 bits per heavy atom. The summed E-state index contributed by atoms with van der Waals surface area (Å²) < 4.78 is 13.7. The quantitative estimate of drug-likeness (QED) is 0.526. The highest BCUT2D eigenvalue weighted by atomic mass is 35.5. The number of thioether (sulfide) groups is 1. The number of benzene rings is 3. The number of halogens is 2. The Morgan fingerprint density at radius 3 is 2.46 bits per heavy atom. The Morgan fingerprint density at radius 1 is 0.929 bits per heavy atom. The molecule has 0 aliphatic carbocycles. The molecule has 0 spiro atoms. The van der Waals surface area contributed by atoms with Crippen LogP contribution in [0.1, 0.15) is 10.4 Å². The van der Waals surface area contributed by atoms with Gasteiger partial charge in [-0.2, -0.15) is 0 Å². The molecule has 2 amide bonds. The summed E-state index contributed by atoms with van der Waals surface area (Å²) in [4.78, 5) is 25.1. The zero-order valence-electron chi connectivity index (χ0n) is 14.6. The van der Waals surface area contributed by atoms with Gasteiger partial charge >= 0.3 is 0 Å². The van der Waals surface area contributed by atoms with Crippen molar-refractivity contribution in [2.75, 3.05) is 16.4 Å². The number of nitrogens with one attached hydrogen (secondary N) is 2. The number of hydrogen-bond acceptors (Lipinski definition) is 3. The fourth-order valence-electron chi connectivity index (χ4n) is 2.41. The summed E-state index contributed by atoms with van der Waals surface area (Å²) in [5.74, 6) is -1.13. The molecule has 0 heterocycles. The van der Waals surface area contributed by atoms with E-state index in [-0.39, 0.29) is 17.2 Å². The minimum absolute atomic E-state index is 0.0281. The van der Waals surface area contributed by atoms with Gasteiger partial charge in [0, 0.05) is 10.6 Å². The monoisotopic (exact) mass is 414 g/mol. The molecule has 2 N–H and O–H groups in total. The van der Waals surface area contributed by atoms with Crippen LogP contribution in [0.3, 0.4) is 0 Å². The van der Waals surface area contributed by atoms with Gasteiger partial charge in [0.2, 0.25) is 5.91 Å². The third-order valence-electron chi connectivity index (χ3n) is 3.73. The Labute approximate surface area is 171 Å². The molecule has 0 aliphatic rings. The molecule has 0 unspecified atom stereocenters. The van der Waals surface area contributed by atoms with E-state index in [1.165, 1.54) is 30.0 Å². The molecule has 0 atom stereocenters. The molecule has 0 aromatic heterocycles. The molecule has 28 heavy (non-hydrogen) atoms. The lowest BCUT2D eigenvalue weighted by Gasteiger charge is -2.09. The van der Waals surface area contributed by atoms with Crippen LogP contribution in [0.25, 0.3) is 0 Å². The van der Waals surface area contributed by atoms with Gasteiger partial charge in [-0.05, 0) is 42.5 Å². The van der Waals surface area contributed by atoms with Crippen molar-refractivity contribution >= 4 is 46.6 Å². The average molecular weight is 415 g/mol. The smallest absolute Gasteiger partial charge is 0.258 e. The lowest BCUT2D eigenvalue weighted by Crippen LogP contribution is -2.14. The highest BCUT2D eigenvalue weighted by molar-refractivity contribution is 8.00. The van der Waals surface area contributed by atoms with Gasteiger partial charge in [0.25, 0.3) is 5.91 Å². The molecule has 3 rings (SSSR count). The molecule has 3 aromatic carbocycles. The van der Waals surface area contributed by atoms with Gasteiger partial charge in [-0.15, -0.1) is 11.8 Å². The van der Waals surface area contributed by atoms with Crippen LogP contribution in [0.4, 0.5) is 15.8 Å². The second kappa shape index (κ2) is 9.39. The van der Waals surface area contributed by atoms with E-state index in [0.717, 1.165) is 4.90 Å². The zero-order chi connectivity index (χ0) is 19.9. The second-order valence-corrected chi connectivity index (χ2v) is 7.23. The highest BCUT2D eigenvalue weighted by Gasteiger charge is 2.11. The summed E-state index contributed by atoms with van der Waals surface area (Å²) in [6.07, 6.45) is 0. The Hall–Kier alpha value is -2.83. The number of amides is 2. The summed E-state index contributed by atoms with van der Waals surface area (Å²) in [6, 6.07) is 19.8. The Bertz CT molecular complexity index is 1010. The molecular formula is C21H16ClFN2O2S. The summed E-state index contributed by atoms with van der Waals surface area (Å²) in [7, 11) is 0. The first-order chi connectivity index (χ1) is 13.5. The van der Waals surface area contributed by atoms with E-state index < -0.39 is 11.7 Å². The predicted octanol–water partition coefficient (Wildman–Crippen LogP) is 5.46. The van der Waals surface area contributed by atoms with Gasteiger partial charge in [-0.25, -0.2) is 4.39 Å². The summed E-state index contributed by atoms with van der Waals surface area (Å²) in [5, 5.41) is 5.89. The Kier molecular flexibility index (Phi) is 6.68. The first kappa shape index (κ1) is 19.9. The molecule has 0 saturated carbocycles. The topological polar surface area (TPSA) is 58.2 Å². The minimum Gasteiger partial charge on any atom is -0.324 e. The number of para-hydroxylation sites is 1. The van der Waals surface area contributed by atoms with E-state index in [4.69, 9.17) is 11.6 Å². The predicted molar refractivity (Wildman–Crippen MR) is 112 cm³/mol. The number of carbonyl (C=O) groups excluding carboxylic acids is 2. The van der Waals surface area contributed by atoms with Gasteiger partial charge in [0.05, 0.1) is 22.0 Å². The van der Waals surface area contributed by atoms with E-state index in [0.29, 0.717) is 16.4 Å². The van der Waals surface area contributed by atoms with Crippen molar-refractivity contribution in [3.63, 3.8) is 0 Å². The summed E-state index contributed by atoms with van der Waals surface area (Å²) >= 11 is 7.34. The third kappa shape index (κ3) is 5.34. The molecule has 4 nitrogen and oxygen atoms in total. The van der Waals surface area contributed by atoms with Crippen molar-refractivity contribution in [1.29, 1.82) is 0 Å². The molecule has 0 radical (unpaired) electrons. The molecule has 0 fully saturated rings. The minimum atomic E-state index is -0.582. The van der Waals surface area contributed by atoms with Gasteiger partial charge in [-0.1, -0.05) is 41.9 Å². The molecule has 0 aliphatic heterocycles. The van der Waals surface area contributed by atoms with Gasteiger partial charge in [0.15, 0.2) is 0 Å². The van der Waals surface area contributed by atoms with E-state index >= 15 is 0 Å². The van der Waals surface area contributed by atoms with Crippen molar-refractivity contribution in [1.82, 2.24) is 0 Å². The van der Waals surface area contributed by atoms with Crippen LogP contribution in [-0.4, -0.2) is 17.6 Å². The second-order valence-electron chi connectivity index (χ2n) is 5.78. The highest BCUT2D eigenvalue weighted by Crippen LogP contribution is 2.24. The van der Waals surface area contributed by atoms with Crippen LogP contribution in [-0.2, 0) is 4.79 Å². The van der Waals surface area contributed by atoms with Crippen LogP contribution >= 0.6 is 23.4 Å². The fraction of sp³-hybridized carbons (Fsp3) is 0.0476. The molecule has 3 aromatic rings. The van der Waals surface area contributed by atoms with E-state index in [9.17, 15) is 14.0 Å². The number of rotatable bonds is 6. The number of anilines is 2. The van der Waals surface area contributed by atoms with Gasteiger partial charge < -0.3 is 10.6 Å². The molecule has 0 saturated heterocycles. The van der Waals surface area contributed by atoms with Crippen molar-refractivity contribution in [3.8, 4) is 0 Å². The van der Waals surface area contributed by atoms with Crippen molar-refractivity contribution in [2.24, 2.45) is 0 Å². The third-order valence-corrected chi connectivity index (χ3v) is 5.05. The molecule has 0 bridgehead atoms. The van der Waals surface area contributed by atoms with Crippen LogP contribution in [0.2, 0.25) is 5.02 Å². The molecular weight excluding hydrogens is 399 g/mol. The zero-order valence-corrected chi connectivity index (χ0v) is 16.2. The van der Waals surface area contributed by atoms with E-state index in [2.05, 4.69) is 10.6 Å². The Balaban J connectivity index is 1.59. The summed E-state index contributed by atoms with van der Waals surface area (Å²) in [5.41, 5.74) is 1.05. The first-order valence-electron chi connectivity index (χ1n) is 8.36. The van der Waals surface area contributed by atoms with Crippen LogP contribution < -0.4 is 10.6 Å². The lowest BCUT2D eigenvalue weighted by atomic mass is 10.2. The maximum Gasteiger partial charge on any atom is 0.258 e. The van der Waals surface area contributed by atoms with Crippen LogP contribution in [0.5, 0.6) is 0 Å². The van der Waals surface area contributed by atoms with Crippen molar-refractivity contribution < 1.29 is 14.0 Å². The van der Waals surface area contributed by atoms with Crippen LogP contribution in [0, 0.1) is 5.82 Å². The summed E-state index contributed by atoms with van der Waals surface area (Å²) in [6.45, 7) is 0. The lowest BCUT2D eigenvalue weighted by molar-refractivity contribution is -0.113. The van der Waals surface area contributed by atoms with Gasteiger partial charge in [0.1, 0.15) is 5.82 Å². The first-order valence-corrected chi connectivity index (χ1v) is 9.72. The maximum absolute atomic E-state index is 13.7. The normalized spacial score (nSPS) is 10.4. The van der Waals surface area contributed by atoms with Crippen LogP contribution in [0.15, 0.2) is 77.7 Å². The van der Waals surface area contributed by atoms with Gasteiger partial charge in [-0.3, -0.25) is 9.59 Å². The van der Waals surface area contributed by atoms with Crippen molar-refractivity contribution in [2.45, 2.75) is 4.90 Å². The largest absolute Gasteiger partial charge is 0.324 e. The molecule has 142 valence electrons. The maximum atomic E-state index is 13.7. The standard InChI is InChI=1S/C21H16ClFN2O2S/c22-17-9-2-4-11-19(17)25-20(26)13-28-15-7-5-6-14(12-15)24-21(27)16-8-1-3-10-18(16)23/h1-12H,13H2,(H,24,27)(H,25,26).